The Balaban J connectivity index is 1.18. The second kappa shape index (κ2) is 11.5. The van der Waals surface area contributed by atoms with Crippen molar-refractivity contribution in [1.82, 2.24) is 19.2 Å². The number of piperazine rings is 1. The lowest BCUT2D eigenvalue weighted by molar-refractivity contribution is -0.122. The molecular formula is C32H29N5O4S2. The third-order valence-corrected chi connectivity index (χ3v) is 9.21. The normalized spacial score (nSPS) is 17.9. The molecule has 1 amide bonds. The van der Waals surface area contributed by atoms with Crippen LogP contribution in [-0.4, -0.2) is 62.4 Å². The van der Waals surface area contributed by atoms with Crippen LogP contribution < -0.4 is 19.9 Å². The minimum atomic E-state index is -0.236. The molecule has 2 fully saturated rings. The van der Waals surface area contributed by atoms with Crippen LogP contribution in [0.5, 0.6) is 11.5 Å². The Kier molecular flexibility index (Phi) is 7.38. The van der Waals surface area contributed by atoms with Gasteiger partial charge in [-0.05, 0) is 47.9 Å². The minimum absolute atomic E-state index is 0.182. The molecule has 3 aliphatic heterocycles. The fourth-order valence-electron chi connectivity index (χ4n) is 5.56. The molecule has 7 rings (SSSR count). The van der Waals surface area contributed by atoms with Crippen LogP contribution in [0.4, 0.5) is 5.82 Å². The first-order chi connectivity index (χ1) is 20.9. The number of amides is 1. The van der Waals surface area contributed by atoms with Crippen molar-refractivity contribution < 1.29 is 14.3 Å². The van der Waals surface area contributed by atoms with E-state index in [2.05, 4.69) is 34.1 Å². The summed E-state index contributed by atoms with van der Waals surface area (Å²) in [5.41, 5.74) is 3.85. The van der Waals surface area contributed by atoms with Gasteiger partial charge in [0.15, 0.2) is 11.5 Å². The molecule has 0 saturated carbocycles. The topological polar surface area (TPSA) is 79.6 Å². The summed E-state index contributed by atoms with van der Waals surface area (Å²) >= 11 is 6.82. The van der Waals surface area contributed by atoms with Crippen molar-refractivity contribution in [3.8, 4) is 11.5 Å². The van der Waals surface area contributed by atoms with Crippen LogP contribution in [0.15, 0.2) is 76.6 Å². The lowest BCUT2D eigenvalue weighted by Crippen LogP contribution is -2.47. The highest BCUT2D eigenvalue weighted by molar-refractivity contribution is 8.26. The monoisotopic (exact) mass is 611 g/mol. The van der Waals surface area contributed by atoms with E-state index < -0.39 is 0 Å². The molecule has 9 nitrogen and oxygen atoms in total. The van der Waals surface area contributed by atoms with Crippen LogP contribution in [-0.2, 0) is 17.9 Å². The molecule has 218 valence electrons. The number of ether oxygens (including phenoxy) is 2. The average Bonchev–Trinajstić information content (AvgIpc) is 3.59. The molecule has 2 aromatic heterocycles. The van der Waals surface area contributed by atoms with Crippen molar-refractivity contribution in [3.63, 3.8) is 0 Å². The number of fused-ring (bicyclic) bond motifs is 2. The number of aryl methyl sites for hydroxylation is 1. The summed E-state index contributed by atoms with van der Waals surface area (Å²) in [6.07, 6.45) is 3.46. The molecule has 43 heavy (non-hydrogen) atoms. The zero-order valence-electron chi connectivity index (χ0n) is 23.6. The molecule has 0 aliphatic carbocycles. The van der Waals surface area contributed by atoms with Gasteiger partial charge in [-0.15, -0.1) is 0 Å². The third kappa shape index (κ3) is 5.51. The number of thiocarbonyl (C=S) groups is 1. The van der Waals surface area contributed by atoms with Gasteiger partial charge in [0.1, 0.15) is 15.8 Å². The van der Waals surface area contributed by atoms with Gasteiger partial charge in [-0.2, -0.15) is 0 Å². The molecular weight excluding hydrogens is 583 g/mol. The van der Waals surface area contributed by atoms with Crippen LogP contribution in [0, 0.1) is 6.92 Å². The molecule has 3 aliphatic rings. The summed E-state index contributed by atoms with van der Waals surface area (Å²) in [7, 11) is 0. The number of carbonyl (C=O) groups is 1. The highest BCUT2D eigenvalue weighted by Crippen LogP contribution is 2.37. The largest absolute Gasteiger partial charge is 0.454 e. The molecule has 2 saturated heterocycles. The van der Waals surface area contributed by atoms with Crippen LogP contribution in [0.2, 0.25) is 0 Å². The van der Waals surface area contributed by atoms with E-state index in [1.54, 1.807) is 21.6 Å². The Hall–Kier alpha value is -4.19. The number of benzene rings is 2. The SMILES string of the molecule is Cc1ccc2nc(N3CCN(Cc4ccccc4)CC3)c(/C=C3/SC(=S)N(Cc4ccc5c(c4)OCO5)C3=O)c(=O)n2c1. The van der Waals surface area contributed by atoms with Gasteiger partial charge in [-0.3, -0.25) is 23.8 Å². The van der Waals surface area contributed by atoms with Gasteiger partial charge >= 0.3 is 0 Å². The third-order valence-electron chi connectivity index (χ3n) is 7.83. The predicted octanol–water partition coefficient (Wildman–Crippen LogP) is 4.46. The molecule has 2 aromatic carbocycles. The van der Waals surface area contributed by atoms with Crippen molar-refractivity contribution in [2.24, 2.45) is 0 Å². The van der Waals surface area contributed by atoms with E-state index in [0.29, 0.717) is 57.4 Å². The first-order valence-corrected chi connectivity index (χ1v) is 15.3. The van der Waals surface area contributed by atoms with Crippen molar-refractivity contribution in [2.75, 3.05) is 37.9 Å². The number of rotatable bonds is 6. The maximum atomic E-state index is 14.0. The highest BCUT2D eigenvalue weighted by Gasteiger charge is 2.33. The minimum Gasteiger partial charge on any atom is -0.454 e. The van der Waals surface area contributed by atoms with Crippen molar-refractivity contribution in [3.05, 3.63) is 104 Å². The van der Waals surface area contributed by atoms with E-state index in [1.165, 1.54) is 17.3 Å². The molecule has 0 spiro atoms. The van der Waals surface area contributed by atoms with E-state index in [4.69, 9.17) is 26.7 Å². The van der Waals surface area contributed by atoms with Gasteiger partial charge in [0, 0.05) is 38.9 Å². The van der Waals surface area contributed by atoms with Gasteiger partial charge in [-0.25, -0.2) is 4.98 Å². The summed E-state index contributed by atoms with van der Waals surface area (Å²) in [5.74, 6) is 1.69. The first kappa shape index (κ1) is 27.6. The molecule has 11 heteroatoms. The Bertz CT molecular complexity index is 1830. The zero-order valence-corrected chi connectivity index (χ0v) is 25.2. The molecule has 5 heterocycles. The van der Waals surface area contributed by atoms with E-state index in [1.807, 2.05) is 43.3 Å². The van der Waals surface area contributed by atoms with Crippen molar-refractivity contribution >= 4 is 51.7 Å². The number of thioether (sulfide) groups is 1. The van der Waals surface area contributed by atoms with Crippen LogP contribution in [0.25, 0.3) is 11.7 Å². The van der Waals surface area contributed by atoms with Gasteiger partial charge in [-0.1, -0.05) is 66.4 Å². The van der Waals surface area contributed by atoms with Crippen LogP contribution >= 0.6 is 24.0 Å². The molecule has 0 N–H and O–H groups in total. The highest BCUT2D eigenvalue weighted by atomic mass is 32.2. The van der Waals surface area contributed by atoms with E-state index >= 15 is 0 Å². The summed E-state index contributed by atoms with van der Waals surface area (Å²) in [6.45, 7) is 6.39. The summed E-state index contributed by atoms with van der Waals surface area (Å²) < 4.78 is 12.9. The Morgan fingerprint density at radius 2 is 1.72 bits per heavy atom. The number of nitrogens with zero attached hydrogens (tertiary/aromatic N) is 5. The van der Waals surface area contributed by atoms with E-state index in [-0.39, 0.29) is 18.3 Å². The standard InChI is InChI=1S/C32H29N5O4S2/c1-21-7-10-28-33-29(35-13-11-34(12-14-35)18-22-5-3-2-4-6-22)24(30(38)36(28)17-21)16-27-31(39)37(32(42)43-27)19-23-8-9-25-26(15-23)41-20-40-25/h2-10,15-17H,11-14,18-20H2,1H3/b27-16+. The zero-order chi connectivity index (χ0) is 29.5. The number of pyridine rings is 1. The Morgan fingerprint density at radius 1 is 0.930 bits per heavy atom. The molecule has 4 aromatic rings. The lowest BCUT2D eigenvalue weighted by Gasteiger charge is -2.36. The Labute approximate surface area is 258 Å². The van der Waals surface area contributed by atoms with E-state index in [0.717, 1.165) is 30.8 Å². The van der Waals surface area contributed by atoms with Crippen LogP contribution in [0.1, 0.15) is 22.3 Å². The number of carbonyl (C=O) groups excluding carboxylic acids is 1. The molecule has 0 bridgehead atoms. The number of hydrogen-bond acceptors (Lipinski definition) is 9. The summed E-state index contributed by atoms with van der Waals surface area (Å²) in [6, 6.07) is 19.8. The van der Waals surface area contributed by atoms with Gasteiger partial charge in [0.2, 0.25) is 6.79 Å². The number of aromatic nitrogens is 2. The molecule has 0 radical (unpaired) electrons. The van der Waals surface area contributed by atoms with E-state index in [9.17, 15) is 9.59 Å². The van der Waals surface area contributed by atoms with Crippen molar-refractivity contribution in [1.29, 1.82) is 0 Å². The molecule has 0 unspecified atom stereocenters. The quantitative estimate of drug-likeness (QED) is 0.232. The van der Waals surface area contributed by atoms with Gasteiger partial charge in [0.25, 0.3) is 11.5 Å². The Morgan fingerprint density at radius 3 is 2.53 bits per heavy atom. The van der Waals surface area contributed by atoms with Crippen molar-refractivity contribution in [2.45, 2.75) is 20.0 Å². The average molecular weight is 612 g/mol. The smallest absolute Gasteiger partial charge is 0.267 e. The first-order valence-electron chi connectivity index (χ1n) is 14.1. The predicted molar refractivity (Wildman–Crippen MR) is 171 cm³/mol. The second-order valence-corrected chi connectivity index (χ2v) is 12.5. The van der Waals surface area contributed by atoms with Crippen LogP contribution in [0.3, 0.4) is 0 Å². The number of hydrogen-bond donors (Lipinski definition) is 0. The summed E-state index contributed by atoms with van der Waals surface area (Å²) in [4.78, 5) is 39.1. The maximum Gasteiger partial charge on any atom is 0.267 e. The fraction of sp³-hybridized carbons (Fsp3) is 0.250. The number of anilines is 1. The van der Waals surface area contributed by atoms with Gasteiger partial charge in [0.05, 0.1) is 17.0 Å². The summed E-state index contributed by atoms with van der Waals surface area (Å²) in [5, 5.41) is 0. The van der Waals surface area contributed by atoms with Gasteiger partial charge < -0.3 is 14.4 Å². The fourth-order valence-corrected chi connectivity index (χ4v) is 6.80. The molecule has 0 atom stereocenters. The second-order valence-electron chi connectivity index (χ2n) is 10.8. The maximum absolute atomic E-state index is 14.0. The lowest BCUT2D eigenvalue weighted by atomic mass is 10.1.